The second-order valence-electron chi connectivity index (χ2n) is 5.01. The van der Waals surface area contributed by atoms with Crippen LogP contribution in [0.4, 0.5) is 5.13 Å². The molecule has 6 nitrogen and oxygen atoms in total. The van der Waals surface area contributed by atoms with Crippen LogP contribution in [-0.2, 0) is 6.54 Å². The highest BCUT2D eigenvalue weighted by atomic mass is 32.1. The lowest BCUT2D eigenvalue weighted by atomic mass is 10.2. The normalized spacial score (nSPS) is 11.0. The second-order valence-corrected chi connectivity index (χ2v) is 6.61. The zero-order valence-electron chi connectivity index (χ0n) is 13.7. The van der Waals surface area contributed by atoms with E-state index in [1.807, 2.05) is 48.5 Å². The van der Waals surface area contributed by atoms with Crippen molar-refractivity contribution in [1.82, 2.24) is 9.78 Å². The third kappa shape index (κ3) is 4.28. The monoisotopic (exact) mass is 372 g/mol. The van der Waals surface area contributed by atoms with Gasteiger partial charge in [0, 0.05) is 0 Å². The Balaban J connectivity index is 1.71. The van der Waals surface area contributed by atoms with Crippen LogP contribution in [0.25, 0.3) is 5.69 Å². The molecule has 3 rings (SSSR count). The number of rotatable bonds is 6. The van der Waals surface area contributed by atoms with Gasteiger partial charge >= 0.3 is 0 Å². The Morgan fingerprint density at radius 1 is 1.00 bits per heavy atom. The lowest BCUT2D eigenvalue weighted by Gasteiger charge is -2.02. The number of hydrogen-bond acceptors (Lipinski definition) is 7. The Hall–Kier alpha value is -2.58. The molecule has 128 valence electrons. The Morgan fingerprint density at radius 3 is 2.20 bits per heavy atom. The highest BCUT2D eigenvalue weighted by Gasteiger charge is 2.05. The first-order valence-corrected chi connectivity index (χ1v) is 8.67. The van der Waals surface area contributed by atoms with E-state index in [0.717, 1.165) is 22.7 Å². The minimum Gasteiger partial charge on any atom is -0.497 e. The molecular weight excluding hydrogens is 356 g/mol. The fourth-order valence-corrected chi connectivity index (χ4v) is 3.08. The van der Waals surface area contributed by atoms with Crippen LogP contribution in [-0.4, -0.2) is 24.0 Å². The van der Waals surface area contributed by atoms with Crippen LogP contribution in [0.1, 0.15) is 5.56 Å². The molecule has 0 aliphatic rings. The first-order valence-electron chi connectivity index (χ1n) is 7.44. The standard InChI is InChI=1S/C17H16N4O2S2/c1-22-14-7-3-12(4-8-14)11-18-19-16-20-21(17(24)25-16)13-5-9-15(23-2)10-6-13/h3-10H,11H2,1-2H3. The smallest absolute Gasteiger partial charge is 0.250 e. The number of hydrogen-bond donors (Lipinski definition) is 0. The summed E-state index contributed by atoms with van der Waals surface area (Å²) in [5, 5.41) is 13.3. The van der Waals surface area contributed by atoms with Gasteiger partial charge in [-0.15, -0.1) is 10.2 Å². The van der Waals surface area contributed by atoms with Crippen molar-refractivity contribution >= 4 is 28.7 Å². The summed E-state index contributed by atoms with van der Waals surface area (Å²) < 4.78 is 12.6. The van der Waals surface area contributed by atoms with Crippen LogP contribution in [0.2, 0.25) is 0 Å². The zero-order chi connectivity index (χ0) is 17.6. The Labute approximate surface area is 154 Å². The average molecular weight is 372 g/mol. The van der Waals surface area contributed by atoms with E-state index < -0.39 is 0 Å². The van der Waals surface area contributed by atoms with E-state index in [-0.39, 0.29) is 0 Å². The quantitative estimate of drug-likeness (QED) is 0.453. The fourth-order valence-electron chi connectivity index (χ4n) is 2.10. The van der Waals surface area contributed by atoms with E-state index in [9.17, 15) is 0 Å². The molecule has 0 aliphatic carbocycles. The van der Waals surface area contributed by atoms with Gasteiger partial charge in [-0.2, -0.15) is 5.11 Å². The molecule has 0 aliphatic heterocycles. The van der Waals surface area contributed by atoms with Crippen molar-refractivity contribution in [1.29, 1.82) is 0 Å². The number of methoxy groups -OCH3 is 2. The van der Waals surface area contributed by atoms with Gasteiger partial charge in [-0.25, -0.2) is 4.68 Å². The molecule has 1 heterocycles. The summed E-state index contributed by atoms with van der Waals surface area (Å²) in [6, 6.07) is 15.2. The van der Waals surface area contributed by atoms with Gasteiger partial charge in [0.05, 0.1) is 26.5 Å². The molecule has 1 aromatic heterocycles. The SMILES string of the molecule is COc1ccc(CN=Nc2nn(-c3ccc(OC)cc3)c(=S)s2)cc1. The van der Waals surface area contributed by atoms with Crippen molar-refractivity contribution in [3.05, 3.63) is 58.0 Å². The van der Waals surface area contributed by atoms with Crippen LogP contribution < -0.4 is 9.47 Å². The third-order valence-electron chi connectivity index (χ3n) is 3.42. The van der Waals surface area contributed by atoms with Gasteiger partial charge in [0.25, 0.3) is 5.13 Å². The molecule has 0 saturated heterocycles. The maximum atomic E-state index is 5.36. The van der Waals surface area contributed by atoms with E-state index in [4.69, 9.17) is 21.7 Å². The van der Waals surface area contributed by atoms with E-state index in [1.165, 1.54) is 11.3 Å². The minimum atomic E-state index is 0.471. The molecule has 0 bridgehead atoms. The van der Waals surface area contributed by atoms with E-state index in [2.05, 4.69) is 15.3 Å². The van der Waals surface area contributed by atoms with Gasteiger partial charge < -0.3 is 9.47 Å². The van der Waals surface area contributed by atoms with Gasteiger partial charge in [-0.3, -0.25) is 0 Å². The maximum Gasteiger partial charge on any atom is 0.250 e. The molecule has 0 radical (unpaired) electrons. The topological polar surface area (TPSA) is 61.0 Å². The van der Waals surface area contributed by atoms with Crippen LogP contribution in [0, 0.1) is 3.95 Å². The van der Waals surface area contributed by atoms with Gasteiger partial charge in [0.2, 0.25) is 0 Å². The Morgan fingerprint density at radius 2 is 1.60 bits per heavy atom. The highest BCUT2D eigenvalue weighted by molar-refractivity contribution is 7.73. The number of aromatic nitrogens is 2. The van der Waals surface area contributed by atoms with Crippen molar-refractivity contribution in [3.63, 3.8) is 0 Å². The van der Waals surface area contributed by atoms with Crippen LogP contribution in [0.3, 0.4) is 0 Å². The molecule has 0 N–H and O–H groups in total. The van der Waals surface area contributed by atoms with Crippen LogP contribution in [0.5, 0.6) is 11.5 Å². The van der Waals surface area contributed by atoms with Gasteiger partial charge in [0.1, 0.15) is 11.5 Å². The lowest BCUT2D eigenvalue weighted by Crippen LogP contribution is -1.95. The molecule has 0 atom stereocenters. The molecule has 0 spiro atoms. The molecule has 2 aromatic carbocycles. The van der Waals surface area contributed by atoms with Crippen molar-refractivity contribution in [2.24, 2.45) is 10.2 Å². The van der Waals surface area contributed by atoms with E-state index in [1.54, 1.807) is 18.9 Å². The Bertz CT molecular complexity index is 915. The van der Waals surface area contributed by atoms with Crippen molar-refractivity contribution in [3.8, 4) is 17.2 Å². The van der Waals surface area contributed by atoms with Crippen molar-refractivity contribution in [2.45, 2.75) is 6.54 Å². The zero-order valence-corrected chi connectivity index (χ0v) is 15.4. The van der Waals surface area contributed by atoms with E-state index in [0.29, 0.717) is 15.6 Å². The summed E-state index contributed by atoms with van der Waals surface area (Å²) >= 11 is 6.68. The predicted molar refractivity (Wildman–Crippen MR) is 100 cm³/mol. The number of azo groups is 1. The molecule has 3 aromatic rings. The summed E-state index contributed by atoms with van der Waals surface area (Å²) in [5.41, 5.74) is 1.90. The third-order valence-corrected chi connectivity index (χ3v) is 4.54. The van der Waals surface area contributed by atoms with Gasteiger partial charge in [-0.05, 0) is 54.2 Å². The summed E-state index contributed by atoms with van der Waals surface area (Å²) in [5.74, 6) is 1.60. The first-order chi connectivity index (χ1) is 12.2. The van der Waals surface area contributed by atoms with Crippen molar-refractivity contribution < 1.29 is 9.47 Å². The predicted octanol–water partition coefficient (Wildman–Crippen LogP) is 4.96. The summed E-state index contributed by atoms with van der Waals surface area (Å²) in [6.45, 7) is 0.471. The molecule has 0 amide bonds. The molecule has 8 heteroatoms. The number of ether oxygens (including phenoxy) is 2. The first kappa shape index (κ1) is 17.2. The average Bonchev–Trinajstić information content (AvgIpc) is 3.03. The molecule has 0 fully saturated rings. The van der Waals surface area contributed by atoms with Crippen molar-refractivity contribution in [2.75, 3.05) is 14.2 Å². The minimum absolute atomic E-state index is 0.471. The summed E-state index contributed by atoms with van der Waals surface area (Å²) in [4.78, 5) is 0. The van der Waals surface area contributed by atoms with Crippen LogP contribution >= 0.6 is 23.6 Å². The molecule has 0 unspecified atom stereocenters. The van der Waals surface area contributed by atoms with Crippen LogP contribution in [0.15, 0.2) is 58.8 Å². The summed E-state index contributed by atoms with van der Waals surface area (Å²) in [7, 11) is 3.27. The second kappa shape index (κ2) is 8.00. The number of nitrogens with zero attached hydrogens (tertiary/aromatic N) is 4. The largest absolute Gasteiger partial charge is 0.497 e. The molecular formula is C17H16N4O2S2. The van der Waals surface area contributed by atoms with E-state index >= 15 is 0 Å². The van der Waals surface area contributed by atoms with Gasteiger partial charge in [-0.1, -0.05) is 23.5 Å². The molecule has 0 saturated carbocycles. The summed E-state index contributed by atoms with van der Waals surface area (Å²) in [6.07, 6.45) is 0. The van der Waals surface area contributed by atoms with Gasteiger partial charge in [0.15, 0.2) is 3.95 Å². The molecule has 25 heavy (non-hydrogen) atoms. The maximum absolute atomic E-state index is 5.36. The Kier molecular flexibility index (Phi) is 5.52. The lowest BCUT2D eigenvalue weighted by molar-refractivity contribution is 0.414. The fraction of sp³-hybridized carbons (Fsp3) is 0.176. The number of benzene rings is 2. The highest BCUT2D eigenvalue weighted by Crippen LogP contribution is 2.23.